The van der Waals surface area contributed by atoms with Gasteiger partial charge in [0.25, 0.3) is 0 Å². The normalized spacial score (nSPS) is 10.4. The minimum absolute atomic E-state index is 0.186. The van der Waals surface area contributed by atoms with E-state index in [1.807, 2.05) is 12.1 Å². The van der Waals surface area contributed by atoms with Crippen LogP contribution in [0.15, 0.2) is 42.7 Å². The predicted octanol–water partition coefficient (Wildman–Crippen LogP) is 3.70. The Labute approximate surface area is 138 Å². The van der Waals surface area contributed by atoms with Crippen molar-refractivity contribution >= 4 is 11.6 Å². The number of halogens is 1. The lowest BCUT2D eigenvalue weighted by Gasteiger charge is -2.13. The van der Waals surface area contributed by atoms with Gasteiger partial charge in [-0.2, -0.15) is 0 Å². The standard InChI is InChI=1S/C16H13ClN4O2/c1-10-13(23-12-7-4-3-6-11(12)22-2)14(17)21-16(20-10)15-18-8-5-9-19-15/h3-9H,1-2H3. The van der Waals surface area contributed by atoms with Crippen LogP contribution in [0.2, 0.25) is 5.15 Å². The zero-order valence-electron chi connectivity index (χ0n) is 12.5. The summed E-state index contributed by atoms with van der Waals surface area (Å²) in [5, 5.41) is 0.186. The van der Waals surface area contributed by atoms with E-state index in [4.69, 9.17) is 21.1 Å². The quantitative estimate of drug-likeness (QED) is 0.680. The second-order valence-corrected chi connectivity index (χ2v) is 4.94. The number of nitrogens with zero attached hydrogens (tertiary/aromatic N) is 4. The van der Waals surface area contributed by atoms with E-state index in [-0.39, 0.29) is 5.15 Å². The Morgan fingerprint density at radius 2 is 1.61 bits per heavy atom. The van der Waals surface area contributed by atoms with Crippen LogP contribution < -0.4 is 9.47 Å². The van der Waals surface area contributed by atoms with Crippen LogP contribution in [-0.2, 0) is 0 Å². The Morgan fingerprint density at radius 1 is 0.913 bits per heavy atom. The first-order valence-corrected chi connectivity index (χ1v) is 7.19. The Kier molecular flexibility index (Phi) is 4.34. The number of para-hydroxylation sites is 2. The highest BCUT2D eigenvalue weighted by molar-refractivity contribution is 6.31. The van der Waals surface area contributed by atoms with E-state index in [0.29, 0.717) is 34.6 Å². The third-order valence-corrected chi connectivity index (χ3v) is 3.30. The highest BCUT2D eigenvalue weighted by Gasteiger charge is 2.16. The fourth-order valence-corrected chi connectivity index (χ4v) is 2.23. The summed E-state index contributed by atoms with van der Waals surface area (Å²) in [5.74, 6) is 2.25. The lowest BCUT2D eigenvalue weighted by Crippen LogP contribution is -2.00. The summed E-state index contributed by atoms with van der Waals surface area (Å²) in [4.78, 5) is 16.8. The molecular formula is C16H13ClN4O2. The van der Waals surface area contributed by atoms with Crippen molar-refractivity contribution < 1.29 is 9.47 Å². The van der Waals surface area contributed by atoms with Gasteiger partial charge in [0.15, 0.2) is 34.1 Å². The number of hydrogen-bond donors (Lipinski definition) is 0. The molecule has 2 aromatic heterocycles. The molecule has 3 rings (SSSR count). The van der Waals surface area contributed by atoms with Crippen LogP contribution in [-0.4, -0.2) is 27.0 Å². The van der Waals surface area contributed by atoms with Gasteiger partial charge in [-0.15, -0.1) is 0 Å². The van der Waals surface area contributed by atoms with Crippen LogP contribution in [0.5, 0.6) is 17.2 Å². The molecule has 1 aromatic carbocycles. The highest BCUT2D eigenvalue weighted by atomic mass is 35.5. The monoisotopic (exact) mass is 328 g/mol. The van der Waals surface area contributed by atoms with Gasteiger partial charge >= 0.3 is 0 Å². The SMILES string of the molecule is COc1ccccc1Oc1c(C)nc(-c2ncccn2)nc1Cl. The molecule has 0 saturated carbocycles. The highest BCUT2D eigenvalue weighted by Crippen LogP contribution is 2.36. The fourth-order valence-electron chi connectivity index (χ4n) is 1.97. The molecule has 0 fully saturated rings. The molecule has 0 N–H and O–H groups in total. The molecule has 0 bridgehead atoms. The number of hydrogen-bond acceptors (Lipinski definition) is 6. The van der Waals surface area contributed by atoms with Gasteiger partial charge in [0.05, 0.1) is 12.8 Å². The zero-order valence-corrected chi connectivity index (χ0v) is 13.3. The lowest BCUT2D eigenvalue weighted by atomic mass is 10.3. The van der Waals surface area contributed by atoms with Gasteiger partial charge in [-0.25, -0.2) is 19.9 Å². The number of ether oxygens (including phenoxy) is 2. The molecule has 0 amide bonds. The number of rotatable bonds is 4. The maximum Gasteiger partial charge on any atom is 0.199 e. The Hall–Kier alpha value is -2.73. The zero-order chi connectivity index (χ0) is 16.2. The molecule has 0 aliphatic carbocycles. The summed E-state index contributed by atoms with van der Waals surface area (Å²) >= 11 is 6.26. The third-order valence-electron chi connectivity index (χ3n) is 3.04. The molecule has 0 unspecified atom stereocenters. The molecule has 116 valence electrons. The smallest absolute Gasteiger partial charge is 0.199 e. The summed E-state index contributed by atoms with van der Waals surface area (Å²) in [7, 11) is 1.57. The van der Waals surface area contributed by atoms with Crippen molar-refractivity contribution in [1.29, 1.82) is 0 Å². The molecular weight excluding hydrogens is 316 g/mol. The maximum atomic E-state index is 6.26. The molecule has 0 saturated heterocycles. The van der Waals surface area contributed by atoms with Gasteiger partial charge in [0.2, 0.25) is 0 Å². The summed E-state index contributed by atoms with van der Waals surface area (Å²) < 4.78 is 11.1. The summed E-state index contributed by atoms with van der Waals surface area (Å²) in [6.07, 6.45) is 3.24. The van der Waals surface area contributed by atoms with E-state index >= 15 is 0 Å². The average Bonchev–Trinajstić information content (AvgIpc) is 2.59. The first-order chi connectivity index (χ1) is 11.2. The van der Waals surface area contributed by atoms with Gasteiger partial charge in [0, 0.05) is 12.4 Å². The topological polar surface area (TPSA) is 70.0 Å². The van der Waals surface area contributed by atoms with E-state index in [1.54, 1.807) is 44.6 Å². The number of methoxy groups -OCH3 is 1. The second-order valence-electron chi connectivity index (χ2n) is 4.58. The first-order valence-electron chi connectivity index (χ1n) is 6.81. The van der Waals surface area contributed by atoms with Crippen LogP contribution in [0, 0.1) is 6.92 Å². The number of benzene rings is 1. The molecule has 2 heterocycles. The lowest BCUT2D eigenvalue weighted by molar-refractivity contribution is 0.377. The molecule has 0 radical (unpaired) electrons. The van der Waals surface area contributed by atoms with Crippen molar-refractivity contribution in [2.24, 2.45) is 0 Å². The van der Waals surface area contributed by atoms with Crippen molar-refractivity contribution in [1.82, 2.24) is 19.9 Å². The van der Waals surface area contributed by atoms with Crippen LogP contribution in [0.1, 0.15) is 5.69 Å². The molecule has 0 aliphatic heterocycles. The summed E-state index contributed by atoms with van der Waals surface area (Å²) in [6.45, 7) is 1.78. The second kappa shape index (κ2) is 6.58. The van der Waals surface area contributed by atoms with Gasteiger partial charge in [-0.1, -0.05) is 23.7 Å². The molecule has 0 atom stereocenters. The van der Waals surface area contributed by atoms with Gasteiger partial charge in [-0.05, 0) is 25.1 Å². The van der Waals surface area contributed by atoms with E-state index in [0.717, 1.165) is 0 Å². The third kappa shape index (κ3) is 3.22. The van der Waals surface area contributed by atoms with Gasteiger partial charge in [-0.3, -0.25) is 0 Å². The molecule has 7 heteroatoms. The van der Waals surface area contributed by atoms with Crippen molar-refractivity contribution in [3.8, 4) is 28.9 Å². The van der Waals surface area contributed by atoms with Crippen molar-refractivity contribution in [2.45, 2.75) is 6.92 Å². The fraction of sp³-hybridized carbons (Fsp3) is 0.125. The molecule has 0 aliphatic rings. The molecule has 23 heavy (non-hydrogen) atoms. The minimum Gasteiger partial charge on any atom is -0.493 e. The Morgan fingerprint density at radius 3 is 2.26 bits per heavy atom. The van der Waals surface area contributed by atoms with Crippen molar-refractivity contribution in [3.05, 3.63) is 53.6 Å². The number of aryl methyl sites for hydroxylation is 1. The summed E-state index contributed by atoms with van der Waals surface area (Å²) in [5.41, 5.74) is 0.582. The Bertz CT molecular complexity index is 804. The van der Waals surface area contributed by atoms with Gasteiger partial charge in [0.1, 0.15) is 0 Å². The van der Waals surface area contributed by atoms with Crippen LogP contribution in [0.4, 0.5) is 0 Å². The first kappa shape index (κ1) is 15.2. The maximum absolute atomic E-state index is 6.26. The van der Waals surface area contributed by atoms with Crippen molar-refractivity contribution in [3.63, 3.8) is 0 Å². The largest absolute Gasteiger partial charge is 0.493 e. The number of aromatic nitrogens is 4. The van der Waals surface area contributed by atoms with E-state index < -0.39 is 0 Å². The molecule has 3 aromatic rings. The summed E-state index contributed by atoms with van der Waals surface area (Å²) in [6, 6.07) is 8.99. The van der Waals surface area contributed by atoms with E-state index in [9.17, 15) is 0 Å². The molecule has 0 spiro atoms. The van der Waals surface area contributed by atoms with Crippen LogP contribution in [0.3, 0.4) is 0 Å². The average molecular weight is 329 g/mol. The van der Waals surface area contributed by atoms with Crippen LogP contribution in [0.25, 0.3) is 11.6 Å². The van der Waals surface area contributed by atoms with E-state index in [1.165, 1.54) is 0 Å². The predicted molar refractivity (Wildman–Crippen MR) is 85.9 cm³/mol. The molecule has 6 nitrogen and oxygen atoms in total. The van der Waals surface area contributed by atoms with E-state index in [2.05, 4.69) is 19.9 Å². The van der Waals surface area contributed by atoms with Crippen LogP contribution >= 0.6 is 11.6 Å². The van der Waals surface area contributed by atoms with Gasteiger partial charge < -0.3 is 9.47 Å². The minimum atomic E-state index is 0.186. The van der Waals surface area contributed by atoms with Crippen molar-refractivity contribution in [2.75, 3.05) is 7.11 Å². The Balaban J connectivity index is 1.98.